The second-order valence-electron chi connectivity index (χ2n) is 42.1. The molecule has 34 heteroatoms. The molecule has 0 unspecified atom stereocenters. The third kappa shape index (κ3) is 19.9. The third-order valence-electron chi connectivity index (χ3n) is 29.3. The summed E-state index contributed by atoms with van der Waals surface area (Å²) in [4.78, 5) is 129. The Morgan fingerprint density at radius 2 is 0.863 bits per heavy atom. The number of aldehydes is 1. The molecule has 8 aromatic heterocycles. The van der Waals surface area contributed by atoms with E-state index in [-0.39, 0.29) is 78.4 Å². The predicted molar refractivity (Wildman–Crippen MR) is 543 cm³/mol. The fraction of sp³-hybridized carbons (Fsp3) is 0.457. The number of carboxylic acids is 2. The van der Waals surface area contributed by atoms with Gasteiger partial charge in [0.1, 0.15) is 45.4 Å². The summed E-state index contributed by atoms with van der Waals surface area (Å²) >= 11 is 12.1. The largest absolute Gasteiger partial charge is 0.496 e. The Labute approximate surface area is 821 Å². The molecule has 2 aromatic carbocycles. The van der Waals surface area contributed by atoms with Crippen LogP contribution in [0.25, 0.3) is 11.1 Å². The van der Waals surface area contributed by atoms with E-state index in [0.717, 1.165) is 127 Å². The Bertz CT molecular complexity index is 6600. The number of carbonyl (C=O) groups is 6. The van der Waals surface area contributed by atoms with Gasteiger partial charge in [-0.2, -0.15) is 0 Å². The number of pyridine rings is 5. The molecular formula is C105H126BCl2N17O14. The smallest absolute Gasteiger partial charge is 0.478 e. The van der Waals surface area contributed by atoms with Crippen molar-refractivity contribution in [2.24, 2.45) is 30.3 Å². The molecule has 0 saturated carbocycles. The maximum absolute atomic E-state index is 13.9. The minimum atomic E-state index is -1.20. The number of anilines is 9. The normalized spacial score (nSPS) is 20.2. The van der Waals surface area contributed by atoms with Gasteiger partial charge in [-0.25, -0.2) is 24.5 Å². The number of nitrogens with one attached hydrogen (secondary N) is 2. The SMILES string of the molecule is CC1(C)Cc2cc3n(c2C1)CCN(c1nccc(Cl)c1C(=O)O)C3=O.CC1(C)Cc2cc3n(c2C1)CCN(c1nccc(Cl)c1C=O)C3=O.CC=C(C)C.C[C@H]1CN(C2COC2)CCN1c1ccc(Nc2cc(-c3ccnc(N4CCn5c(cc6c5CC(C)(C)C6)C4=O)c3C(=O)O)cn(C)c2=O)cc1.C[C@H]1CN(C2COC2)CCN1c1ccc(Nc2cc(B3OC(C)(C)C(C)(C)O3)cn(C)c2=O)cc1. The molecule has 11 aliphatic rings. The van der Waals surface area contributed by atoms with E-state index < -0.39 is 30.3 Å². The highest BCUT2D eigenvalue weighted by atomic mass is 35.5. The third-order valence-corrected chi connectivity index (χ3v) is 29.9. The van der Waals surface area contributed by atoms with Crippen molar-refractivity contribution in [3.05, 3.63) is 238 Å². The number of piperazine rings is 2. The Balaban J connectivity index is 0.000000131. The van der Waals surface area contributed by atoms with Gasteiger partial charge in [0.2, 0.25) is 0 Å². The number of aromatic nitrogens is 8. The highest BCUT2D eigenvalue weighted by Gasteiger charge is 2.53. The molecule has 31 nitrogen and oxygen atoms in total. The molecule has 10 aromatic rings. The highest BCUT2D eigenvalue weighted by Crippen LogP contribution is 2.46. The quantitative estimate of drug-likeness (QED) is 0.0397. The minimum Gasteiger partial charge on any atom is -0.478 e. The van der Waals surface area contributed by atoms with Gasteiger partial charge in [0, 0.05) is 192 Å². The zero-order valence-corrected chi connectivity index (χ0v) is 84.0. The van der Waals surface area contributed by atoms with Crippen LogP contribution < -0.4 is 51.7 Å². The van der Waals surface area contributed by atoms with Crippen molar-refractivity contribution >= 4 is 123 Å². The summed E-state index contributed by atoms with van der Waals surface area (Å²) in [6.07, 6.45) is 16.3. The number of amides is 3. The number of hydrogen-bond acceptors (Lipinski definition) is 21. The molecule has 0 spiro atoms. The highest BCUT2D eigenvalue weighted by molar-refractivity contribution is 6.62. The fourth-order valence-corrected chi connectivity index (χ4v) is 21.4. The summed E-state index contributed by atoms with van der Waals surface area (Å²) in [6.45, 7) is 44.7. The molecule has 0 radical (unpaired) electrons. The van der Waals surface area contributed by atoms with Crippen molar-refractivity contribution in [3.8, 4) is 11.1 Å². The number of carboxylic acid groups (broad SMARTS) is 2. The van der Waals surface area contributed by atoms with Gasteiger partial charge < -0.3 is 72.3 Å². The lowest BCUT2D eigenvalue weighted by molar-refractivity contribution is -0.0691. The van der Waals surface area contributed by atoms with Crippen molar-refractivity contribution in [3.63, 3.8) is 0 Å². The van der Waals surface area contributed by atoms with Crippen LogP contribution >= 0.6 is 23.2 Å². The number of allylic oxidation sites excluding steroid dienone is 2. The lowest BCUT2D eigenvalue weighted by atomic mass is 9.80. The number of fused-ring (bicyclic) bond motifs is 9. The number of aromatic carboxylic acids is 2. The van der Waals surface area contributed by atoms with Crippen molar-refractivity contribution in [1.29, 1.82) is 0 Å². The van der Waals surface area contributed by atoms with E-state index in [9.17, 15) is 48.6 Å². The van der Waals surface area contributed by atoms with Crippen LogP contribution in [0.2, 0.25) is 10.0 Å². The number of nitrogens with zero attached hydrogens (tertiary/aromatic N) is 15. The van der Waals surface area contributed by atoms with Crippen molar-refractivity contribution in [2.75, 3.05) is 120 Å². The van der Waals surface area contributed by atoms with Gasteiger partial charge in [0.15, 0.2) is 17.9 Å². The molecule has 3 aliphatic carbocycles. The Kier molecular flexibility index (Phi) is 27.6. The van der Waals surface area contributed by atoms with E-state index >= 15 is 0 Å². The Morgan fingerprint density at radius 3 is 1.25 bits per heavy atom. The van der Waals surface area contributed by atoms with Crippen LogP contribution in [0.5, 0.6) is 0 Å². The lowest BCUT2D eigenvalue weighted by Gasteiger charge is -2.46. The van der Waals surface area contributed by atoms with Gasteiger partial charge in [0.05, 0.1) is 65.3 Å². The molecule has 16 heterocycles. The minimum absolute atomic E-state index is 0.0792. The Morgan fingerprint density at radius 1 is 0.482 bits per heavy atom. The molecule has 4 N–H and O–H groups in total. The lowest BCUT2D eigenvalue weighted by Crippen LogP contribution is -2.59. The standard InChI is InChI=1S/C38H43N7O5.C26H37BN4O4.C18H18ClN3O3.C18H18ClN3O2.C5H10/c1-23-19-42(28-21-50-22-28)11-12-43(23)27-7-5-26(6-8-27)40-30-15-25(20-41(4)35(30)46)29-9-10-39-34(33(29)37(48)49)45-14-13-44-31(36(45)47)16-24-17-38(2,3)18-32(24)44;1-18-14-30(22-16-33-17-22)11-12-31(18)21-9-7-20(8-10-21)28-23-13-19(15-29(6)24(23)32)27-34-25(2,3)26(4,5)35-27;1-18(2)8-10-7-12-16(23)22(6-5-21(12)13(10)9-18)15-14(17(24)25)11(19)3-4-20-15;1-18(2)8-11-7-14-17(24)22(6-5-21(14)15(11)9-18)16-12(10-23)13(19)3-4-20-16;1-4-5(2)3/h5-10,15-16,20,23,28,40H,11-14,17-19,21-22H2,1-4H3,(H,48,49);7-10,13,15,18,22,28H,11-12,14,16-17H2,1-6H3;3-4,7H,5-6,8-9H2,1-2H3,(H,24,25);3-4,7,10H,5-6,8-9H2,1-2H3;4H,1-3H3/t23-;18-;;;/m00.../s1. The zero-order chi connectivity index (χ0) is 99.1. The van der Waals surface area contributed by atoms with Crippen LogP contribution in [0.1, 0.15) is 200 Å². The first-order chi connectivity index (χ1) is 66.0. The molecule has 732 valence electrons. The summed E-state index contributed by atoms with van der Waals surface area (Å²) in [5.74, 6) is -2.44. The number of hydrogen-bond donors (Lipinski definition) is 4. The van der Waals surface area contributed by atoms with Crippen LogP contribution in [0.3, 0.4) is 0 Å². The molecule has 21 rings (SSSR count). The summed E-state index contributed by atoms with van der Waals surface area (Å²) in [5, 5.41) is 26.9. The molecule has 139 heavy (non-hydrogen) atoms. The van der Waals surface area contributed by atoms with Crippen LogP contribution in [0.4, 0.5) is 51.6 Å². The second-order valence-corrected chi connectivity index (χ2v) is 42.9. The average molecular weight is 1930 g/mol. The average Bonchev–Trinajstić information content (AvgIpc) is 1.62. The molecule has 0 bridgehead atoms. The molecule has 2 atom stereocenters. The first-order valence-corrected chi connectivity index (χ1v) is 48.8. The van der Waals surface area contributed by atoms with E-state index in [2.05, 4.69) is 158 Å². The van der Waals surface area contributed by atoms with Crippen LogP contribution in [0.15, 0.2) is 149 Å². The fourth-order valence-electron chi connectivity index (χ4n) is 21.0. The van der Waals surface area contributed by atoms with Crippen molar-refractivity contribution < 1.29 is 57.8 Å². The van der Waals surface area contributed by atoms with Gasteiger partial charge in [-0.3, -0.25) is 53.3 Å². The van der Waals surface area contributed by atoms with Gasteiger partial charge in [-0.1, -0.05) is 76.4 Å². The maximum atomic E-state index is 13.9. The van der Waals surface area contributed by atoms with Crippen molar-refractivity contribution in [2.45, 2.75) is 197 Å². The van der Waals surface area contributed by atoms with E-state index in [1.807, 2.05) is 83.1 Å². The number of carbonyl (C=O) groups excluding carboxylic acids is 4. The summed E-state index contributed by atoms with van der Waals surface area (Å²) in [6, 6.07) is 32.3. The van der Waals surface area contributed by atoms with Gasteiger partial charge in [-0.05, 0) is 231 Å². The molecule has 3 amide bonds. The summed E-state index contributed by atoms with van der Waals surface area (Å²) in [7, 11) is 2.87. The summed E-state index contributed by atoms with van der Waals surface area (Å²) < 4.78 is 32.5. The predicted octanol–water partition coefficient (Wildman–Crippen LogP) is 14.8. The van der Waals surface area contributed by atoms with Crippen LogP contribution in [-0.4, -0.2) is 222 Å². The van der Waals surface area contributed by atoms with Gasteiger partial charge >= 0.3 is 19.1 Å². The zero-order valence-electron chi connectivity index (χ0n) is 82.5. The van der Waals surface area contributed by atoms with E-state index in [1.165, 1.54) is 84.1 Å². The first-order valence-electron chi connectivity index (χ1n) is 48.0. The molecule has 5 saturated heterocycles. The van der Waals surface area contributed by atoms with E-state index in [0.29, 0.717) is 120 Å². The maximum Gasteiger partial charge on any atom is 0.496 e. The topological polar surface area (TPSA) is 324 Å². The summed E-state index contributed by atoms with van der Waals surface area (Å²) in [5.41, 5.74) is 16.5. The second kappa shape index (κ2) is 38.9. The van der Waals surface area contributed by atoms with Gasteiger partial charge in [-0.15, -0.1) is 0 Å². The van der Waals surface area contributed by atoms with E-state index in [4.69, 9.17) is 42.0 Å². The van der Waals surface area contributed by atoms with Crippen LogP contribution in [-0.2, 0) is 91.0 Å². The number of rotatable bonds is 16. The monoisotopic (exact) mass is 1930 g/mol. The Hall–Kier alpha value is -12.0. The number of benzene rings is 2. The molecule has 8 aliphatic heterocycles. The first kappa shape index (κ1) is 98.6. The van der Waals surface area contributed by atoms with Crippen LogP contribution in [0, 0.1) is 16.2 Å². The molecular weight excluding hydrogens is 1800 g/mol. The van der Waals surface area contributed by atoms with Crippen molar-refractivity contribution in [1.82, 2.24) is 47.6 Å². The number of halogens is 2. The number of ether oxygens (including phenoxy) is 2. The number of aryl methyl sites for hydroxylation is 2. The van der Waals surface area contributed by atoms with E-state index in [1.54, 1.807) is 54.2 Å². The molecule has 5 fully saturated rings. The van der Waals surface area contributed by atoms with Gasteiger partial charge in [0.25, 0.3) is 28.8 Å².